The van der Waals surface area contributed by atoms with E-state index in [1.165, 1.54) is 0 Å². The summed E-state index contributed by atoms with van der Waals surface area (Å²) in [5.74, 6) is 0.244. The highest BCUT2D eigenvalue weighted by molar-refractivity contribution is 5.94. The molecule has 0 radical (unpaired) electrons. The van der Waals surface area contributed by atoms with Gasteiger partial charge in [0.25, 0.3) is 0 Å². The molecule has 1 heterocycles. The number of nitrogens with two attached hydrogens (primary N) is 1. The number of ether oxygens (including phenoxy) is 1. The highest BCUT2D eigenvalue weighted by Gasteiger charge is 2.13. The lowest BCUT2D eigenvalue weighted by Crippen LogP contribution is -2.11. The number of aromatic nitrogens is 2. The third kappa shape index (κ3) is 2.59. The first-order chi connectivity index (χ1) is 9.17. The minimum absolute atomic E-state index is 0.453. The van der Waals surface area contributed by atoms with Crippen LogP contribution in [0, 0.1) is 0 Å². The highest BCUT2D eigenvalue weighted by atomic mass is 16.5. The largest absolute Gasteiger partial charge is 0.496 e. The second-order valence-corrected chi connectivity index (χ2v) is 4.22. The Labute approximate surface area is 112 Å². The van der Waals surface area contributed by atoms with E-state index in [1.54, 1.807) is 31.5 Å². The predicted octanol–water partition coefficient (Wildman–Crippen LogP) is 2.07. The van der Waals surface area contributed by atoms with Crippen LogP contribution in [0.5, 0.6) is 5.75 Å². The lowest BCUT2D eigenvalue weighted by atomic mass is 10.1. The van der Waals surface area contributed by atoms with Crippen molar-refractivity contribution in [3.05, 3.63) is 36.0 Å². The van der Waals surface area contributed by atoms with Crippen LogP contribution in [0.25, 0.3) is 11.3 Å². The zero-order valence-electron chi connectivity index (χ0n) is 11.1. The van der Waals surface area contributed by atoms with Gasteiger partial charge in [0.1, 0.15) is 5.75 Å². The average molecular weight is 259 g/mol. The smallest absolute Gasteiger partial charge is 0.248 e. The molecule has 0 spiro atoms. The van der Waals surface area contributed by atoms with E-state index >= 15 is 0 Å². The van der Waals surface area contributed by atoms with E-state index in [2.05, 4.69) is 12.0 Å². The summed E-state index contributed by atoms with van der Waals surface area (Å²) in [6, 6.07) is 7.05. The van der Waals surface area contributed by atoms with Crippen LogP contribution in [0.4, 0.5) is 0 Å². The highest BCUT2D eigenvalue weighted by Crippen LogP contribution is 2.30. The Kier molecular flexibility index (Phi) is 3.85. The van der Waals surface area contributed by atoms with Gasteiger partial charge in [0, 0.05) is 23.9 Å². The fourth-order valence-electron chi connectivity index (χ4n) is 2.01. The number of rotatable bonds is 5. The van der Waals surface area contributed by atoms with Gasteiger partial charge in [-0.15, -0.1) is 0 Å². The van der Waals surface area contributed by atoms with E-state index in [-0.39, 0.29) is 0 Å². The predicted molar refractivity (Wildman–Crippen MR) is 73.0 cm³/mol. The van der Waals surface area contributed by atoms with Crippen LogP contribution in [0.15, 0.2) is 30.5 Å². The molecule has 0 bridgehead atoms. The quantitative estimate of drug-likeness (QED) is 0.893. The van der Waals surface area contributed by atoms with Gasteiger partial charge in [0.05, 0.1) is 12.8 Å². The average Bonchev–Trinajstić information content (AvgIpc) is 2.86. The summed E-state index contributed by atoms with van der Waals surface area (Å²) < 4.78 is 7.24. The van der Waals surface area contributed by atoms with E-state index in [1.807, 2.05) is 10.7 Å². The van der Waals surface area contributed by atoms with E-state index in [0.29, 0.717) is 11.3 Å². The number of benzene rings is 1. The van der Waals surface area contributed by atoms with Crippen molar-refractivity contribution in [2.45, 2.75) is 19.9 Å². The molecule has 0 aliphatic rings. The minimum atomic E-state index is -0.453. The van der Waals surface area contributed by atoms with Crippen LogP contribution in [-0.2, 0) is 6.54 Å². The molecule has 0 atom stereocenters. The van der Waals surface area contributed by atoms with Gasteiger partial charge in [-0.1, -0.05) is 6.92 Å². The first-order valence-electron chi connectivity index (χ1n) is 6.17. The van der Waals surface area contributed by atoms with Gasteiger partial charge in [0.15, 0.2) is 0 Å². The second kappa shape index (κ2) is 5.56. The van der Waals surface area contributed by atoms with Gasteiger partial charge in [-0.25, -0.2) is 0 Å². The Morgan fingerprint density at radius 1 is 1.42 bits per heavy atom. The van der Waals surface area contributed by atoms with E-state index in [0.717, 1.165) is 24.2 Å². The van der Waals surface area contributed by atoms with Gasteiger partial charge in [-0.05, 0) is 30.7 Å². The summed E-state index contributed by atoms with van der Waals surface area (Å²) in [6.07, 6.45) is 2.72. The molecule has 2 aromatic rings. The Hall–Kier alpha value is -2.30. The molecule has 0 fully saturated rings. The standard InChI is InChI=1S/C14H17N3O2/c1-3-8-17-12(6-7-16-17)11-9-10(14(15)18)4-5-13(11)19-2/h4-7,9H,3,8H2,1-2H3,(H2,15,18). The molecular formula is C14H17N3O2. The Balaban J connectivity index is 2.55. The summed E-state index contributed by atoms with van der Waals surface area (Å²) >= 11 is 0. The molecule has 0 unspecified atom stereocenters. The number of aryl methyl sites for hydroxylation is 1. The van der Waals surface area contributed by atoms with Gasteiger partial charge in [-0.2, -0.15) is 5.10 Å². The van der Waals surface area contributed by atoms with E-state index in [4.69, 9.17) is 10.5 Å². The summed E-state index contributed by atoms with van der Waals surface area (Å²) in [5.41, 5.74) is 7.52. The molecule has 19 heavy (non-hydrogen) atoms. The molecule has 2 N–H and O–H groups in total. The zero-order valence-corrected chi connectivity index (χ0v) is 11.1. The van der Waals surface area contributed by atoms with Crippen molar-refractivity contribution in [2.24, 2.45) is 5.73 Å². The van der Waals surface area contributed by atoms with Crippen molar-refractivity contribution in [2.75, 3.05) is 7.11 Å². The molecule has 0 aliphatic heterocycles. The van der Waals surface area contributed by atoms with Crippen LogP contribution in [0.2, 0.25) is 0 Å². The monoisotopic (exact) mass is 259 g/mol. The molecule has 5 nitrogen and oxygen atoms in total. The number of amides is 1. The van der Waals surface area contributed by atoms with Gasteiger partial charge >= 0.3 is 0 Å². The Morgan fingerprint density at radius 3 is 2.84 bits per heavy atom. The molecule has 0 aliphatic carbocycles. The fourth-order valence-corrected chi connectivity index (χ4v) is 2.01. The summed E-state index contributed by atoms with van der Waals surface area (Å²) in [5, 5.41) is 4.28. The van der Waals surface area contributed by atoms with Gasteiger partial charge in [0.2, 0.25) is 5.91 Å². The molecule has 5 heteroatoms. The Morgan fingerprint density at radius 2 is 2.21 bits per heavy atom. The first kappa shape index (κ1) is 13.1. The van der Waals surface area contributed by atoms with Crippen molar-refractivity contribution in [1.82, 2.24) is 9.78 Å². The number of hydrogen-bond donors (Lipinski definition) is 1. The van der Waals surface area contributed by atoms with E-state index in [9.17, 15) is 4.79 Å². The fraction of sp³-hybridized carbons (Fsp3) is 0.286. The maximum Gasteiger partial charge on any atom is 0.248 e. The van der Waals surface area contributed by atoms with Crippen LogP contribution >= 0.6 is 0 Å². The van der Waals surface area contributed by atoms with Crippen LogP contribution in [0.1, 0.15) is 23.7 Å². The summed E-state index contributed by atoms with van der Waals surface area (Å²) in [7, 11) is 1.60. The molecular weight excluding hydrogens is 242 g/mol. The number of primary amides is 1. The minimum Gasteiger partial charge on any atom is -0.496 e. The van der Waals surface area contributed by atoms with Crippen LogP contribution < -0.4 is 10.5 Å². The number of carbonyl (C=O) groups is 1. The van der Waals surface area contributed by atoms with Crippen molar-refractivity contribution in [3.63, 3.8) is 0 Å². The zero-order chi connectivity index (χ0) is 13.8. The second-order valence-electron chi connectivity index (χ2n) is 4.22. The van der Waals surface area contributed by atoms with Gasteiger partial charge in [-0.3, -0.25) is 9.48 Å². The molecule has 0 saturated carbocycles. The third-order valence-electron chi connectivity index (χ3n) is 2.91. The van der Waals surface area contributed by atoms with E-state index < -0.39 is 5.91 Å². The maximum absolute atomic E-state index is 11.3. The van der Waals surface area contributed by atoms with Crippen molar-refractivity contribution in [1.29, 1.82) is 0 Å². The lowest BCUT2D eigenvalue weighted by Gasteiger charge is -2.11. The summed E-state index contributed by atoms with van der Waals surface area (Å²) in [6.45, 7) is 2.90. The number of nitrogens with zero attached hydrogens (tertiary/aromatic N) is 2. The molecule has 1 aromatic carbocycles. The molecule has 100 valence electrons. The first-order valence-corrected chi connectivity index (χ1v) is 6.17. The Bertz CT molecular complexity index is 590. The molecule has 0 saturated heterocycles. The number of methoxy groups -OCH3 is 1. The number of carbonyl (C=O) groups excluding carboxylic acids is 1. The summed E-state index contributed by atoms with van der Waals surface area (Å²) in [4.78, 5) is 11.3. The third-order valence-corrected chi connectivity index (χ3v) is 2.91. The van der Waals surface area contributed by atoms with Crippen LogP contribution in [0.3, 0.4) is 0 Å². The van der Waals surface area contributed by atoms with Gasteiger partial charge < -0.3 is 10.5 Å². The SMILES string of the molecule is CCCn1nccc1-c1cc(C(N)=O)ccc1OC. The van der Waals surface area contributed by atoms with Crippen molar-refractivity contribution < 1.29 is 9.53 Å². The van der Waals surface area contributed by atoms with Crippen molar-refractivity contribution in [3.8, 4) is 17.0 Å². The molecule has 1 amide bonds. The normalized spacial score (nSPS) is 10.4. The molecule has 2 rings (SSSR count). The molecule has 1 aromatic heterocycles. The number of hydrogen-bond acceptors (Lipinski definition) is 3. The van der Waals surface area contributed by atoms with Crippen LogP contribution in [-0.4, -0.2) is 22.8 Å². The van der Waals surface area contributed by atoms with Crippen molar-refractivity contribution >= 4 is 5.91 Å². The lowest BCUT2D eigenvalue weighted by molar-refractivity contribution is 0.100. The topological polar surface area (TPSA) is 70.1 Å². The maximum atomic E-state index is 11.3.